The Balaban J connectivity index is 2.60. The van der Waals surface area contributed by atoms with Gasteiger partial charge in [-0.05, 0) is 38.1 Å². The molecule has 0 amide bonds. The molecule has 0 aliphatic rings. The summed E-state index contributed by atoms with van der Waals surface area (Å²) in [7, 11) is 0. The molecular weight excluding hydrogens is 190 g/mol. The highest BCUT2D eigenvalue weighted by Crippen LogP contribution is 2.23. The van der Waals surface area contributed by atoms with Gasteiger partial charge in [-0.2, -0.15) is 0 Å². The van der Waals surface area contributed by atoms with Crippen LogP contribution in [0.5, 0.6) is 0 Å². The maximum atomic E-state index is 3.71. The zero-order valence-electron chi connectivity index (χ0n) is 9.63. The van der Waals surface area contributed by atoms with Crippen LogP contribution in [0.4, 0.5) is 0 Å². The molecule has 0 spiro atoms. The second kappa shape index (κ2) is 4.94. The molecule has 1 atom stereocenters. The van der Waals surface area contributed by atoms with Crippen molar-refractivity contribution in [2.45, 2.75) is 52.1 Å². The van der Waals surface area contributed by atoms with Crippen molar-refractivity contribution in [3.63, 3.8) is 0 Å². The summed E-state index contributed by atoms with van der Waals surface area (Å²) in [6.45, 7) is 9.04. The van der Waals surface area contributed by atoms with Crippen LogP contribution >= 0.6 is 11.3 Å². The Morgan fingerprint density at radius 1 is 1.43 bits per heavy atom. The largest absolute Gasteiger partial charge is 0.304 e. The highest BCUT2D eigenvalue weighted by atomic mass is 32.1. The molecular formula is C12H21NS. The van der Waals surface area contributed by atoms with Crippen LogP contribution in [0.15, 0.2) is 17.5 Å². The smallest absolute Gasteiger partial charge is 0.0390 e. The molecule has 0 bridgehead atoms. The Hall–Kier alpha value is -0.340. The predicted molar refractivity (Wildman–Crippen MR) is 64.9 cm³/mol. The van der Waals surface area contributed by atoms with Gasteiger partial charge in [-0.25, -0.2) is 0 Å². The molecule has 0 aliphatic carbocycles. The zero-order chi connectivity index (χ0) is 10.6. The van der Waals surface area contributed by atoms with E-state index in [-0.39, 0.29) is 5.54 Å². The summed E-state index contributed by atoms with van der Waals surface area (Å²) < 4.78 is 0. The standard InChI is InChI=1S/C12H21NS/c1-5-12(4,6-2)13-10(3)11-8-7-9-14-11/h7-10,13H,5-6H2,1-4H3. The number of hydrogen-bond donors (Lipinski definition) is 1. The molecule has 0 fully saturated rings. The first-order chi connectivity index (χ1) is 6.61. The average Bonchev–Trinajstić information content (AvgIpc) is 2.70. The molecule has 1 heterocycles. The Morgan fingerprint density at radius 3 is 2.50 bits per heavy atom. The minimum absolute atomic E-state index is 0.281. The monoisotopic (exact) mass is 211 g/mol. The van der Waals surface area contributed by atoms with E-state index in [1.165, 1.54) is 17.7 Å². The van der Waals surface area contributed by atoms with Crippen molar-refractivity contribution in [2.24, 2.45) is 0 Å². The van der Waals surface area contributed by atoms with Crippen LogP contribution in [-0.2, 0) is 0 Å². The molecule has 1 unspecified atom stereocenters. The fraction of sp³-hybridized carbons (Fsp3) is 0.667. The van der Waals surface area contributed by atoms with Crippen molar-refractivity contribution in [2.75, 3.05) is 0 Å². The summed E-state index contributed by atoms with van der Waals surface area (Å²) in [6.07, 6.45) is 2.36. The van der Waals surface area contributed by atoms with Crippen LogP contribution in [-0.4, -0.2) is 5.54 Å². The number of rotatable bonds is 5. The van der Waals surface area contributed by atoms with E-state index >= 15 is 0 Å². The fourth-order valence-electron chi connectivity index (χ4n) is 1.59. The van der Waals surface area contributed by atoms with Crippen molar-refractivity contribution in [3.8, 4) is 0 Å². The molecule has 14 heavy (non-hydrogen) atoms. The fourth-order valence-corrected chi connectivity index (χ4v) is 2.32. The summed E-state index contributed by atoms with van der Waals surface area (Å²) in [5, 5.41) is 5.85. The van der Waals surface area contributed by atoms with Crippen LogP contribution in [0.1, 0.15) is 51.5 Å². The normalized spacial score (nSPS) is 14.3. The van der Waals surface area contributed by atoms with E-state index in [9.17, 15) is 0 Å². The lowest BCUT2D eigenvalue weighted by Gasteiger charge is -2.31. The molecule has 1 nitrogen and oxygen atoms in total. The number of nitrogens with one attached hydrogen (secondary N) is 1. The molecule has 80 valence electrons. The van der Waals surface area contributed by atoms with Gasteiger partial charge in [0.25, 0.3) is 0 Å². The Labute approximate surface area is 91.5 Å². The molecule has 1 aromatic rings. The summed E-state index contributed by atoms with van der Waals surface area (Å²) in [5.74, 6) is 0. The van der Waals surface area contributed by atoms with E-state index in [2.05, 4.69) is 50.5 Å². The van der Waals surface area contributed by atoms with Gasteiger partial charge in [0.1, 0.15) is 0 Å². The van der Waals surface area contributed by atoms with E-state index in [1.807, 2.05) is 11.3 Å². The van der Waals surface area contributed by atoms with Gasteiger partial charge >= 0.3 is 0 Å². The molecule has 1 rings (SSSR count). The third-order valence-corrected chi connectivity index (χ3v) is 4.15. The predicted octanol–water partition coefficient (Wildman–Crippen LogP) is 3.98. The Kier molecular flexibility index (Phi) is 4.14. The van der Waals surface area contributed by atoms with Gasteiger partial charge in [-0.15, -0.1) is 11.3 Å². The molecule has 2 heteroatoms. The summed E-state index contributed by atoms with van der Waals surface area (Å²) in [4.78, 5) is 1.43. The number of thiophene rings is 1. The summed E-state index contributed by atoms with van der Waals surface area (Å²) in [6, 6.07) is 4.79. The van der Waals surface area contributed by atoms with Gasteiger partial charge < -0.3 is 5.32 Å². The molecule has 0 radical (unpaired) electrons. The van der Waals surface area contributed by atoms with E-state index in [0.29, 0.717) is 6.04 Å². The van der Waals surface area contributed by atoms with Crippen molar-refractivity contribution >= 4 is 11.3 Å². The zero-order valence-corrected chi connectivity index (χ0v) is 10.4. The van der Waals surface area contributed by atoms with Crippen LogP contribution in [0, 0.1) is 0 Å². The second-order valence-corrected chi connectivity index (χ2v) is 5.13. The first-order valence-electron chi connectivity index (χ1n) is 5.42. The Morgan fingerprint density at radius 2 is 2.07 bits per heavy atom. The minimum Gasteiger partial charge on any atom is -0.304 e. The highest BCUT2D eigenvalue weighted by molar-refractivity contribution is 7.10. The van der Waals surface area contributed by atoms with Gasteiger partial charge in [0.15, 0.2) is 0 Å². The van der Waals surface area contributed by atoms with Crippen molar-refractivity contribution in [1.82, 2.24) is 5.32 Å². The van der Waals surface area contributed by atoms with Crippen LogP contribution < -0.4 is 5.32 Å². The van der Waals surface area contributed by atoms with Gasteiger partial charge in [0.2, 0.25) is 0 Å². The lowest BCUT2D eigenvalue weighted by atomic mass is 9.94. The third-order valence-electron chi connectivity index (χ3n) is 3.10. The highest BCUT2D eigenvalue weighted by Gasteiger charge is 2.22. The molecule has 0 saturated carbocycles. The van der Waals surface area contributed by atoms with E-state index in [1.54, 1.807) is 0 Å². The molecule has 0 aliphatic heterocycles. The van der Waals surface area contributed by atoms with Gasteiger partial charge in [-0.3, -0.25) is 0 Å². The molecule has 0 saturated heterocycles. The maximum absolute atomic E-state index is 3.71. The van der Waals surface area contributed by atoms with Gasteiger partial charge in [0.05, 0.1) is 0 Å². The van der Waals surface area contributed by atoms with Crippen LogP contribution in [0.3, 0.4) is 0 Å². The summed E-state index contributed by atoms with van der Waals surface area (Å²) in [5.41, 5.74) is 0.281. The van der Waals surface area contributed by atoms with E-state index in [0.717, 1.165) is 0 Å². The van der Waals surface area contributed by atoms with Crippen molar-refractivity contribution < 1.29 is 0 Å². The quantitative estimate of drug-likeness (QED) is 0.777. The molecule has 1 N–H and O–H groups in total. The topological polar surface area (TPSA) is 12.0 Å². The van der Waals surface area contributed by atoms with E-state index < -0.39 is 0 Å². The van der Waals surface area contributed by atoms with Crippen LogP contribution in [0.2, 0.25) is 0 Å². The molecule has 1 aromatic heterocycles. The van der Waals surface area contributed by atoms with Gasteiger partial charge in [0, 0.05) is 16.5 Å². The Bertz CT molecular complexity index is 249. The first-order valence-corrected chi connectivity index (χ1v) is 6.30. The first kappa shape index (κ1) is 11.7. The summed E-state index contributed by atoms with van der Waals surface area (Å²) >= 11 is 1.83. The second-order valence-electron chi connectivity index (χ2n) is 4.15. The van der Waals surface area contributed by atoms with Crippen molar-refractivity contribution in [1.29, 1.82) is 0 Å². The van der Waals surface area contributed by atoms with Crippen LogP contribution in [0.25, 0.3) is 0 Å². The van der Waals surface area contributed by atoms with Crippen molar-refractivity contribution in [3.05, 3.63) is 22.4 Å². The third kappa shape index (κ3) is 2.82. The van der Waals surface area contributed by atoms with Gasteiger partial charge in [-0.1, -0.05) is 19.9 Å². The minimum atomic E-state index is 0.281. The van der Waals surface area contributed by atoms with E-state index in [4.69, 9.17) is 0 Å². The number of hydrogen-bond acceptors (Lipinski definition) is 2. The molecule has 0 aromatic carbocycles. The SMILES string of the molecule is CCC(C)(CC)NC(C)c1cccs1. The lowest BCUT2D eigenvalue weighted by molar-refractivity contribution is 0.301. The lowest BCUT2D eigenvalue weighted by Crippen LogP contribution is -2.42. The maximum Gasteiger partial charge on any atom is 0.0390 e. The average molecular weight is 211 g/mol.